The second-order valence-electron chi connectivity index (χ2n) is 7.95. The third-order valence-electron chi connectivity index (χ3n) is 5.85. The van der Waals surface area contributed by atoms with E-state index in [9.17, 15) is 0 Å². The van der Waals surface area contributed by atoms with E-state index in [4.69, 9.17) is 14.0 Å². The van der Waals surface area contributed by atoms with Crippen LogP contribution in [0.2, 0.25) is 0 Å². The highest BCUT2D eigenvalue weighted by molar-refractivity contribution is 5.95. The maximum Gasteiger partial charge on any atom is 0.264 e. The van der Waals surface area contributed by atoms with E-state index in [1.165, 1.54) is 16.5 Å². The van der Waals surface area contributed by atoms with E-state index in [-0.39, 0.29) is 31.4 Å². The first-order valence-corrected chi connectivity index (χ1v) is 10.8. The monoisotopic (exact) mass is 502 g/mol. The van der Waals surface area contributed by atoms with Crippen LogP contribution in [0.5, 0.6) is 11.5 Å². The van der Waals surface area contributed by atoms with Gasteiger partial charge in [-0.1, -0.05) is 35.5 Å². The molecule has 1 aliphatic rings. The van der Waals surface area contributed by atoms with E-state index in [1.54, 1.807) is 7.11 Å². The van der Waals surface area contributed by atoms with Gasteiger partial charge in [-0.05, 0) is 42.8 Å². The third-order valence-corrected chi connectivity index (χ3v) is 5.85. The maximum absolute atomic E-state index is 6.01. The molecule has 0 unspecified atom stereocenters. The molecule has 1 aliphatic heterocycles. The Morgan fingerprint density at radius 1 is 0.941 bits per heavy atom. The first-order valence-electron chi connectivity index (χ1n) is 10.8. The van der Waals surface area contributed by atoms with Gasteiger partial charge in [-0.2, -0.15) is 4.98 Å². The summed E-state index contributed by atoms with van der Waals surface area (Å²) in [5.41, 5.74) is 2.03. The molecule has 0 atom stereocenters. The van der Waals surface area contributed by atoms with Crippen molar-refractivity contribution in [2.24, 2.45) is 0 Å². The van der Waals surface area contributed by atoms with Gasteiger partial charge in [0, 0.05) is 37.3 Å². The van der Waals surface area contributed by atoms with Crippen molar-refractivity contribution in [2.45, 2.75) is 6.61 Å². The second-order valence-corrected chi connectivity index (χ2v) is 7.95. The quantitative estimate of drug-likeness (QED) is 0.364. The van der Waals surface area contributed by atoms with E-state index in [1.807, 2.05) is 30.3 Å². The van der Waals surface area contributed by atoms with Crippen molar-refractivity contribution in [2.75, 3.05) is 45.2 Å². The Hall–Kier alpha value is -3.00. The first kappa shape index (κ1) is 25.6. The van der Waals surface area contributed by atoms with Gasteiger partial charge in [0.1, 0.15) is 11.5 Å². The Balaban J connectivity index is 0.00000162. The van der Waals surface area contributed by atoms with Crippen LogP contribution in [0, 0.1) is 0 Å². The van der Waals surface area contributed by atoms with Gasteiger partial charge in [-0.15, -0.1) is 24.8 Å². The first-order chi connectivity index (χ1) is 15.7. The highest BCUT2D eigenvalue weighted by Crippen LogP contribution is 2.31. The molecule has 0 spiro atoms. The number of anilines is 1. The molecule has 1 fully saturated rings. The Bertz CT molecular complexity index is 1230. The van der Waals surface area contributed by atoms with Crippen molar-refractivity contribution >= 4 is 41.3 Å². The van der Waals surface area contributed by atoms with Crippen LogP contribution in [0.25, 0.3) is 22.2 Å². The molecule has 1 saturated heterocycles. The zero-order valence-corrected chi connectivity index (χ0v) is 20.8. The Labute approximate surface area is 211 Å². The summed E-state index contributed by atoms with van der Waals surface area (Å²) in [6.45, 7) is 4.38. The molecule has 180 valence electrons. The summed E-state index contributed by atoms with van der Waals surface area (Å²) in [4.78, 5) is 9.28. The van der Waals surface area contributed by atoms with Gasteiger partial charge in [-0.3, -0.25) is 0 Å². The minimum absolute atomic E-state index is 0. The number of methoxy groups -OCH3 is 1. The highest BCUT2D eigenvalue weighted by atomic mass is 35.5. The minimum atomic E-state index is 0. The SMILES string of the molecule is COc1ccccc1-c1noc(COc2ccc3cccc(N4CCN(C)CC4)c3c2)n1.Cl.Cl. The van der Waals surface area contributed by atoms with Crippen LogP contribution in [0.4, 0.5) is 5.69 Å². The number of para-hydroxylation sites is 1. The molecule has 34 heavy (non-hydrogen) atoms. The predicted octanol–water partition coefficient (Wildman–Crippen LogP) is 5.07. The molecule has 0 amide bonds. The largest absolute Gasteiger partial charge is 0.496 e. The fourth-order valence-corrected chi connectivity index (χ4v) is 4.05. The van der Waals surface area contributed by atoms with Gasteiger partial charge in [0.05, 0.1) is 12.7 Å². The van der Waals surface area contributed by atoms with Crippen molar-refractivity contribution in [1.29, 1.82) is 0 Å². The van der Waals surface area contributed by atoms with Crippen LogP contribution < -0.4 is 14.4 Å². The number of benzene rings is 3. The van der Waals surface area contributed by atoms with Gasteiger partial charge >= 0.3 is 0 Å². The Morgan fingerprint density at radius 2 is 1.74 bits per heavy atom. The summed E-state index contributed by atoms with van der Waals surface area (Å²) >= 11 is 0. The lowest BCUT2D eigenvalue weighted by molar-refractivity contribution is 0.243. The fraction of sp³-hybridized carbons (Fsp3) is 0.280. The van der Waals surface area contributed by atoms with Crippen LogP contribution in [-0.2, 0) is 6.61 Å². The van der Waals surface area contributed by atoms with Crippen LogP contribution in [0.3, 0.4) is 0 Å². The predicted molar refractivity (Wildman–Crippen MR) is 139 cm³/mol. The number of likely N-dealkylation sites (N-methyl/N-ethyl adjacent to an activating group) is 1. The minimum Gasteiger partial charge on any atom is -0.496 e. The average molecular weight is 503 g/mol. The van der Waals surface area contributed by atoms with Crippen LogP contribution >= 0.6 is 24.8 Å². The van der Waals surface area contributed by atoms with Gasteiger partial charge in [0.25, 0.3) is 5.89 Å². The standard InChI is InChI=1S/C25H26N4O3.2ClH/c1-28-12-14-29(15-13-28)22-8-5-6-18-10-11-19(16-21(18)22)31-17-24-26-25(27-32-24)20-7-3-4-9-23(20)30-2;;/h3-11,16H,12-15,17H2,1-2H3;2*1H. The fourth-order valence-electron chi connectivity index (χ4n) is 4.05. The van der Waals surface area contributed by atoms with E-state index >= 15 is 0 Å². The smallest absolute Gasteiger partial charge is 0.264 e. The number of ether oxygens (including phenoxy) is 2. The number of hydrogen-bond acceptors (Lipinski definition) is 7. The second kappa shape index (κ2) is 11.4. The molecule has 0 aliphatic carbocycles. The molecule has 3 aromatic carbocycles. The number of halogens is 2. The molecule has 7 nitrogen and oxygen atoms in total. The summed E-state index contributed by atoms with van der Waals surface area (Å²) in [7, 11) is 3.79. The molecule has 1 aromatic heterocycles. The van der Waals surface area contributed by atoms with E-state index < -0.39 is 0 Å². The lowest BCUT2D eigenvalue weighted by Gasteiger charge is -2.34. The van der Waals surface area contributed by atoms with Crippen LogP contribution in [0.15, 0.2) is 65.2 Å². The maximum atomic E-state index is 6.01. The van der Waals surface area contributed by atoms with E-state index in [0.29, 0.717) is 17.5 Å². The summed E-state index contributed by atoms with van der Waals surface area (Å²) in [5.74, 6) is 2.37. The summed E-state index contributed by atoms with van der Waals surface area (Å²) in [5, 5.41) is 6.47. The lowest BCUT2D eigenvalue weighted by Crippen LogP contribution is -2.44. The van der Waals surface area contributed by atoms with Crippen molar-refractivity contribution in [3.63, 3.8) is 0 Å². The molecule has 9 heteroatoms. The van der Waals surface area contributed by atoms with Gasteiger partial charge in [0.2, 0.25) is 5.82 Å². The summed E-state index contributed by atoms with van der Waals surface area (Å²) in [6, 6.07) is 20.2. The Morgan fingerprint density at radius 3 is 2.53 bits per heavy atom. The van der Waals surface area contributed by atoms with Crippen molar-refractivity contribution < 1.29 is 14.0 Å². The zero-order chi connectivity index (χ0) is 21.9. The molecular formula is C25H28Cl2N4O3. The molecule has 0 bridgehead atoms. The van der Waals surface area contributed by atoms with E-state index in [0.717, 1.165) is 37.5 Å². The molecule has 4 aromatic rings. The van der Waals surface area contributed by atoms with Gasteiger partial charge < -0.3 is 23.8 Å². The molecule has 0 radical (unpaired) electrons. The zero-order valence-electron chi connectivity index (χ0n) is 19.1. The van der Waals surface area contributed by atoms with Crippen LogP contribution in [-0.4, -0.2) is 55.4 Å². The van der Waals surface area contributed by atoms with Gasteiger partial charge in [0.15, 0.2) is 6.61 Å². The lowest BCUT2D eigenvalue weighted by atomic mass is 10.1. The summed E-state index contributed by atoms with van der Waals surface area (Å²) < 4.78 is 16.8. The number of hydrogen-bond donors (Lipinski definition) is 0. The van der Waals surface area contributed by atoms with Crippen LogP contribution in [0.1, 0.15) is 5.89 Å². The summed E-state index contributed by atoms with van der Waals surface area (Å²) in [6.07, 6.45) is 0. The topological polar surface area (TPSA) is 63.9 Å². The molecular weight excluding hydrogens is 475 g/mol. The number of nitrogens with zero attached hydrogens (tertiary/aromatic N) is 4. The third kappa shape index (κ3) is 5.38. The average Bonchev–Trinajstić information content (AvgIpc) is 3.32. The van der Waals surface area contributed by atoms with Crippen molar-refractivity contribution in [1.82, 2.24) is 15.0 Å². The van der Waals surface area contributed by atoms with E-state index in [2.05, 4.69) is 57.3 Å². The van der Waals surface area contributed by atoms with Crippen molar-refractivity contribution in [3.05, 3.63) is 66.6 Å². The van der Waals surface area contributed by atoms with Crippen molar-refractivity contribution in [3.8, 4) is 22.9 Å². The number of fused-ring (bicyclic) bond motifs is 1. The Kier molecular flexibility index (Phi) is 8.61. The molecule has 0 N–H and O–H groups in total. The normalized spacial score (nSPS) is 13.8. The van der Waals surface area contributed by atoms with Gasteiger partial charge in [-0.25, -0.2) is 0 Å². The number of rotatable bonds is 6. The molecule has 0 saturated carbocycles. The number of aromatic nitrogens is 2. The molecule has 5 rings (SSSR count). The molecule has 2 heterocycles. The highest BCUT2D eigenvalue weighted by Gasteiger charge is 2.17. The number of piperazine rings is 1.